The first-order valence-corrected chi connectivity index (χ1v) is 9.02. The summed E-state index contributed by atoms with van der Waals surface area (Å²) in [5.41, 5.74) is 0.626. The number of rotatable bonds is 4. The van der Waals surface area contributed by atoms with Gasteiger partial charge in [-0.15, -0.1) is 11.8 Å². The minimum absolute atomic E-state index is 0.165. The summed E-state index contributed by atoms with van der Waals surface area (Å²) in [5, 5.41) is 12.4. The van der Waals surface area contributed by atoms with Gasteiger partial charge in [-0.2, -0.15) is 0 Å². The Kier molecular flexibility index (Phi) is 6.31. The molecule has 5 heteroatoms. The molecule has 2 atom stereocenters. The fourth-order valence-corrected chi connectivity index (χ4v) is 3.63. The molecule has 2 unspecified atom stereocenters. The zero-order valence-corrected chi connectivity index (χ0v) is 13.7. The molecular formula is C17H23NO3S. The summed E-state index contributed by atoms with van der Waals surface area (Å²) < 4.78 is 0. The summed E-state index contributed by atoms with van der Waals surface area (Å²) in [6.07, 6.45) is 7.40. The van der Waals surface area contributed by atoms with Crippen LogP contribution in [0.15, 0.2) is 29.2 Å². The molecule has 1 aromatic rings. The summed E-state index contributed by atoms with van der Waals surface area (Å²) >= 11 is 1.52. The number of carbonyl (C=O) groups excluding carboxylic acids is 1. The Hall–Kier alpha value is -1.49. The van der Waals surface area contributed by atoms with Crippen molar-refractivity contribution in [2.24, 2.45) is 5.92 Å². The maximum atomic E-state index is 12.5. The highest BCUT2D eigenvalue weighted by Gasteiger charge is 2.30. The number of thioether (sulfide) groups is 1. The highest BCUT2D eigenvalue weighted by molar-refractivity contribution is 7.98. The van der Waals surface area contributed by atoms with Crippen LogP contribution in [0.2, 0.25) is 0 Å². The molecule has 0 radical (unpaired) electrons. The van der Waals surface area contributed by atoms with E-state index in [9.17, 15) is 14.7 Å². The Morgan fingerprint density at radius 2 is 1.82 bits per heavy atom. The lowest BCUT2D eigenvalue weighted by Crippen LogP contribution is -2.44. The minimum Gasteiger partial charge on any atom is -0.481 e. The van der Waals surface area contributed by atoms with Crippen molar-refractivity contribution in [1.29, 1.82) is 0 Å². The van der Waals surface area contributed by atoms with E-state index in [0.717, 1.165) is 37.0 Å². The molecule has 1 aliphatic rings. The molecule has 0 aromatic heterocycles. The van der Waals surface area contributed by atoms with Crippen LogP contribution in [0.1, 0.15) is 48.9 Å². The van der Waals surface area contributed by atoms with E-state index >= 15 is 0 Å². The molecule has 22 heavy (non-hydrogen) atoms. The first-order chi connectivity index (χ1) is 10.6. The number of carboxylic acid groups (broad SMARTS) is 1. The lowest BCUT2D eigenvalue weighted by Gasteiger charge is -2.27. The third-order valence-electron chi connectivity index (χ3n) is 4.25. The van der Waals surface area contributed by atoms with E-state index < -0.39 is 11.9 Å². The van der Waals surface area contributed by atoms with Crippen molar-refractivity contribution in [3.8, 4) is 0 Å². The maximum absolute atomic E-state index is 12.5. The summed E-state index contributed by atoms with van der Waals surface area (Å²) in [6.45, 7) is 0. The van der Waals surface area contributed by atoms with Crippen LogP contribution in [-0.2, 0) is 4.79 Å². The summed E-state index contributed by atoms with van der Waals surface area (Å²) in [4.78, 5) is 25.0. The number of nitrogens with one attached hydrogen (secondary N) is 1. The highest BCUT2D eigenvalue weighted by Crippen LogP contribution is 2.25. The molecular weight excluding hydrogens is 298 g/mol. The molecule has 1 fully saturated rings. The van der Waals surface area contributed by atoms with Gasteiger partial charge in [-0.25, -0.2) is 0 Å². The van der Waals surface area contributed by atoms with Crippen LogP contribution in [0.25, 0.3) is 0 Å². The van der Waals surface area contributed by atoms with E-state index in [-0.39, 0.29) is 11.9 Å². The molecule has 1 amide bonds. The van der Waals surface area contributed by atoms with Crippen molar-refractivity contribution >= 4 is 23.6 Å². The molecule has 0 saturated heterocycles. The fraction of sp³-hybridized carbons (Fsp3) is 0.529. The van der Waals surface area contributed by atoms with Crippen molar-refractivity contribution in [3.63, 3.8) is 0 Å². The molecule has 1 saturated carbocycles. The van der Waals surface area contributed by atoms with Crippen molar-refractivity contribution in [2.75, 3.05) is 6.26 Å². The van der Waals surface area contributed by atoms with Gasteiger partial charge < -0.3 is 10.4 Å². The number of carboxylic acids is 1. The van der Waals surface area contributed by atoms with Crippen molar-refractivity contribution < 1.29 is 14.7 Å². The molecule has 1 aliphatic carbocycles. The molecule has 2 N–H and O–H groups in total. The lowest BCUT2D eigenvalue weighted by atomic mass is 9.86. The lowest BCUT2D eigenvalue weighted by molar-refractivity contribution is -0.143. The van der Waals surface area contributed by atoms with Gasteiger partial charge in [-0.05, 0) is 31.2 Å². The number of hydrogen-bond donors (Lipinski definition) is 2. The second-order valence-corrected chi connectivity index (χ2v) is 6.56. The Bertz CT molecular complexity index is 532. The fourth-order valence-electron chi connectivity index (χ4n) is 3.03. The number of aliphatic carboxylic acids is 1. The van der Waals surface area contributed by atoms with Crippen LogP contribution >= 0.6 is 11.8 Å². The van der Waals surface area contributed by atoms with E-state index in [1.54, 1.807) is 6.07 Å². The monoisotopic (exact) mass is 321 g/mol. The van der Waals surface area contributed by atoms with Gasteiger partial charge in [0, 0.05) is 10.9 Å². The average Bonchev–Trinajstić information content (AvgIpc) is 2.49. The van der Waals surface area contributed by atoms with E-state index in [0.29, 0.717) is 12.0 Å². The second-order valence-electron chi connectivity index (χ2n) is 5.72. The van der Waals surface area contributed by atoms with Gasteiger partial charge in [-0.3, -0.25) is 9.59 Å². The first kappa shape index (κ1) is 16.9. The normalized spacial score (nSPS) is 22.4. The van der Waals surface area contributed by atoms with Gasteiger partial charge >= 0.3 is 5.97 Å². The minimum atomic E-state index is -0.801. The van der Waals surface area contributed by atoms with Gasteiger partial charge in [0.2, 0.25) is 0 Å². The largest absolute Gasteiger partial charge is 0.481 e. The summed E-state index contributed by atoms with van der Waals surface area (Å²) in [5.74, 6) is -1.45. The van der Waals surface area contributed by atoms with Gasteiger partial charge in [0.1, 0.15) is 0 Å². The van der Waals surface area contributed by atoms with E-state index in [1.165, 1.54) is 11.8 Å². The van der Waals surface area contributed by atoms with Crippen LogP contribution in [0.5, 0.6) is 0 Å². The zero-order valence-electron chi connectivity index (χ0n) is 12.9. The molecule has 0 aliphatic heterocycles. The average molecular weight is 321 g/mol. The van der Waals surface area contributed by atoms with Crippen LogP contribution < -0.4 is 5.32 Å². The number of carbonyl (C=O) groups is 2. The zero-order chi connectivity index (χ0) is 15.9. The third kappa shape index (κ3) is 4.26. The number of benzene rings is 1. The summed E-state index contributed by atoms with van der Waals surface area (Å²) in [7, 11) is 0. The predicted octanol–water partition coefficient (Wildman–Crippen LogP) is 3.56. The van der Waals surface area contributed by atoms with Crippen LogP contribution in [0.4, 0.5) is 0 Å². The Balaban J connectivity index is 2.14. The summed E-state index contributed by atoms with van der Waals surface area (Å²) in [6, 6.07) is 7.16. The van der Waals surface area contributed by atoms with Crippen LogP contribution in [-0.4, -0.2) is 29.3 Å². The third-order valence-corrected chi connectivity index (χ3v) is 5.05. The Labute approximate surface area is 135 Å². The van der Waals surface area contributed by atoms with Gasteiger partial charge in [-0.1, -0.05) is 37.8 Å². The van der Waals surface area contributed by atoms with Gasteiger partial charge in [0.05, 0.1) is 11.5 Å². The SMILES string of the molecule is CSc1ccccc1C(=O)NC1CCCCCCC1C(=O)O. The molecule has 0 spiro atoms. The van der Waals surface area contributed by atoms with E-state index in [4.69, 9.17) is 0 Å². The molecule has 0 heterocycles. The molecule has 0 bridgehead atoms. The van der Waals surface area contributed by atoms with Gasteiger partial charge in [0.25, 0.3) is 5.91 Å². The quantitative estimate of drug-likeness (QED) is 0.832. The predicted molar refractivity (Wildman–Crippen MR) is 88.3 cm³/mol. The van der Waals surface area contributed by atoms with Crippen LogP contribution in [0.3, 0.4) is 0 Å². The Morgan fingerprint density at radius 1 is 1.14 bits per heavy atom. The molecule has 120 valence electrons. The van der Waals surface area contributed by atoms with Crippen molar-refractivity contribution in [1.82, 2.24) is 5.32 Å². The van der Waals surface area contributed by atoms with E-state index in [2.05, 4.69) is 5.32 Å². The maximum Gasteiger partial charge on any atom is 0.308 e. The molecule has 4 nitrogen and oxygen atoms in total. The second kappa shape index (κ2) is 8.22. The van der Waals surface area contributed by atoms with E-state index in [1.807, 2.05) is 24.5 Å². The molecule has 1 aromatic carbocycles. The van der Waals surface area contributed by atoms with Gasteiger partial charge in [0.15, 0.2) is 0 Å². The smallest absolute Gasteiger partial charge is 0.308 e. The topological polar surface area (TPSA) is 66.4 Å². The standard InChI is InChI=1S/C17H23NO3S/c1-22-15-11-7-6-9-13(15)16(19)18-14-10-5-3-2-4-8-12(14)17(20)21/h6-7,9,11-12,14H,2-5,8,10H2,1H3,(H,18,19)(H,20,21). The number of amides is 1. The van der Waals surface area contributed by atoms with Crippen molar-refractivity contribution in [2.45, 2.75) is 49.5 Å². The first-order valence-electron chi connectivity index (χ1n) is 7.80. The molecule has 2 rings (SSSR count). The highest BCUT2D eigenvalue weighted by atomic mass is 32.2. The number of hydrogen-bond acceptors (Lipinski definition) is 3. The van der Waals surface area contributed by atoms with Crippen molar-refractivity contribution in [3.05, 3.63) is 29.8 Å². The van der Waals surface area contributed by atoms with Crippen LogP contribution in [0, 0.1) is 5.92 Å². The Morgan fingerprint density at radius 3 is 2.50 bits per heavy atom.